The molecule has 2 aliphatic rings. The van der Waals surface area contributed by atoms with Crippen molar-refractivity contribution in [3.8, 4) is 11.5 Å². The standard InChI is InChI=1S/C30H32Br2N4O4/c1-39-24-11-12-25(26(19-24)40-2)30(29(38)36-15-13-35(14-16-36)17-18-37)33-27(20-3-7-22(31)8-4-20)28(34-30)21-5-9-23(32)10-6-21/h3-12,18-19,27-28,33-34H,13-17H2,1-2H3. The lowest BCUT2D eigenvalue weighted by atomic mass is 9.95. The number of nitrogens with zero attached hydrogens (tertiary/aromatic N) is 2. The number of rotatable bonds is 8. The van der Waals surface area contributed by atoms with Gasteiger partial charge in [-0.3, -0.25) is 20.3 Å². The van der Waals surface area contributed by atoms with Crippen molar-refractivity contribution in [2.24, 2.45) is 0 Å². The molecule has 1 amide bonds. The summed E-state index contributed by atoms with van der Waals surface area (Å²) in [6.45, 7) is 2.66. The number of benzene rings is 3. The molecule has 2 heterocycles. The molecule has 2 unspecified atom stereocenters. The maximum Gasteiger partial charge on any atom is 0.262 e. The summed E-state index contributed by atoms with van der Waals surface area (Å²) in [5.41, 5.74) is 1.47. The molecule has 210 valence electrons. The molecule has 0 spiro atoms. The van der Waals surface area contributed by atoms with Crippen molar-refractivity contribution < 1.29 is 19.1 Å². The molecule has 0 saturated carbocycles. The van der Waals surface area contributed by atoms with Gasteiger partial charge >= 0.3 is 0 Å². The number of halogens is 2. The van der Waals surface area contributed by atoms with Crippen LogP contribution >= 0.6 is 31.9 Å². The summed E-state index contributed by atoms with van der Waals surface area (Å²) in [5, 5.41) is 7.49. The third-order valence-corrected chi connectivity index (χ3v) is 8.72. The Morgan fingerprint density at radius 3 is 1.90 bits per heavy atom. The number of nitrogens with one attached hydrogen (secondary N) is 2. The van der Waals surface area contributed by atoms with Gasteiger partial charge in [0.2, 0.25) is 0 Å². The smallest absolute Gasteiger partial charge is 0.262 e. The van der Waals surface area contributed by atoms with E-state index in [-0.39, 0.29) is 18.0 Å². The van der Waals surface area contributed by atoms with E-state index < -0.39 is 5.66 Å². The lowest BCUT2D eigenvalue weighted by Crippen LogP contribution is -2.62. The van der Waals surface area contributed by atoms with Gasteiger partial charge in [-0.25, -0.2) is 0 Å². The maximum atomic E-state index is 14.7. The number of carbonyl (C=O) groups excluding carboxylic acids is 2. The second kappa shape index (κ2) is 12.4. The third-order valence-electron chi connectivity index (χ3n) is 7.66. The highest BCUT2D eigenvalue weighted by Gasteiger charge is 2.54. The molecule has 2 N–H and O–H groups in total. The van der Waals surface area contributed by atoms with Crippen LogP contribution in [0.1, 0.15) is 28.8 Å². The van der Waals surface area contributed by atoms with Crippen LogP contribution in [0.2, 0.25) is 0 Å². The molecular weight excluding hydrogens is 640 g/mol. The van der Waals surface area contributed by atoms with Crippen LogP contribution in [0.15, 0.2) is 75.7 Å². The first-order chi connectivity index (χ1) is 19.4. The summed E-state index contributed by atoms with van der Waals surface area (Å²) >= 11 is 7.10. The van der Waals surface area contributed by atoms with Gasteiger partial charge in [0.25, 0.3) is 5.91 Å². The maximum absolute atomic E-state index is 14.7. The summed E-state index contributed by atoms with van der Waals surface area (Å²) in [4.78, 5) is 29.7. The van der Waals surface area contributed by atoms with Crippen LogP contribution in [0.4, 0.5) is 0 Å². The van der Waals surface area contributed by atoms with E-state index in [0.29, 0.717) is 49.8 Å². The second-order valence-electron chi connectivity index (χ2n) is 9.92. The Balaban J connectivity index is 1.62. The first kappa shape index (κ1) is 28.8. The van der Waals surface area contributed by atoms with Gasteiger partial charge in [-0.05, 0) is 47.5 Å². The van der Waals surface area contributed by atoms with Crippen molar-refractivity contribution in [3.05, 3.63) is 92.4 Å². The molecule has 40 heavy (non-hydrogen) atoms. The molecule has 2 fully saturated rings. The average molecular weight is 672 g/mol. The van der Waals surface area contributed by atoms with Crippen molar-refractivity contribution in [2.75, 3.05) is 46.9 Å². The van der Waals surface area contributed by atoms with Gasteiger partial charge in [0.15, 0.2) is 5.66 Å². The number of piperazine rings is 1. The second-order valence-corrected chi connectivity index (χ2v) is 11.8. The number of ether oxygens (including phenoxy) is 2. The van der Waals surface area contributed by atoms with E-state index in [9.17, 15) is 9.59 Å². The van der Waals surface area contributed by atoms with Crippen LogP contribution in [-0.2, 0) is 15.3 Å². The van der Waals surface area contributed by atoms with Crippen molar-refractivity contribution in [3.63, 3.8) is 0 Å². The fraction of sp³-hybridized carbons (Fsp3) is 0.333. The molecule has 0 radical (unpaired) electrons. The van der Waals surface area contributed by atoms with Gasteiger partial charge in [-0.15, -0.1) is 0 Å². The highest BCUT2D eigenvalue weighted by Crippen LogP contribution is 2.45. The van der Waals surface area contributed by atoms with Crippen LogP contribution in [0.3, 0.4) is 0 Å². The molecular formula is C30H32Br2N4O4. The summed E-state index contributed by atoms with van der Waals surface area (Å²) in [6.07, 6.45) is 0.910. The summed E-state index contributed by atoms with van der Waals surface area (Å²) in [6, 6.07) is 21.4. The zero-order chi connectivity index (χ0) is 28.3. The molecule has 0 aromatic heterocycles. The van der Waals surface area contributed by atoms with Gasteiger partial charge < -0.3 is 19.2 Å². The number of methoxy groups -OCH3 is 2. The predicted molar refractivity (Wildman–Crippen MR) is 160 cm³/mol. The van der Waals surface area contributed by atoms with Crippen LogP contribution in [0, 0.1) is 0 Å². The zero-order valence-electron chi connectivity index (χ0n) is 22.4. The fourth-order valence-electron chi connectivity index (χ4n) is 5.55. The average Bonchev–Trinajstić information content (AvgIpc) is 3.39. The van der Waals surface area contributed by atoms with Crippen LogP contribution in [-0.4, -0.2) is 68.9 Å². The molecule has 3 aromatic rings. The highest BCUT2D eigenvalue weighted by molar-refractivity contribution is 9.10. The molecule has 2 atom stereocenters. The molecule has 5 rings (SSSR count). The van der Waals surface area contributed by atoms with Crippen molar-refractivity contribution in [2.45, 2.75) is 17.7 Å². The van der Waals surface area contributed by atoms with Crippen LogP contribution in [0.5, 0.6) is 11.5 Å². The molecule has 0 aliphatic carbocycles. The van der Waals surface area contributed by atoms with Gasteiger partial charge in [-0.1, -0.05) is 56.1 Å². The normalized spacial score (nSPS) is 23.1. The van der Waals surface area contributed by atoms with E-state index in [4.69, 9.17) is 9.47 Å². The lowest BCUT2D eigenvalue weighted by molar-refractivity contribution is -0.141. The third kappa shape index (κ3) is 5.69. The summed E-state index contributed by atoms with van der Waals surface area (Å²) in [7, 11) is 3.20. The van der Waals surface area contributed by atoms with Crippen molar-refractivity contribution in [1.29, 1.82) is 0 Å². The molecule has 8 nitrogen and oxygen atoms in total. The zero-order valence-corrected chi connectivity index (χ0v) is 25.6. The molecule has 2 aliphatic heterocycles. The fourth-order valence-corrected chi connectivity index (χ4v) is 6.07. The number of aldehydes is 1. The Morgan fingerprint density at radius 1 is 0.875 bits per heavy atom. The van der Waals surface area contributed by atoms with E-state index in [1.165, 1.54) is 0 Å². The van der Waals surface area contributed by atoms with Crippen molar-refractivity contribution >= 4 is 44.1 Å². The van der Waals surface area contributed by atoms with E-state index in [1.807, 2.05) is 41.3 Å². The lowest BCUT2D eigenvalue weighted by Gasteiger charge is -2.40. The van der Waals surface area contributed by atoms with E-state index in [2.05, 4.69) is 71.7 Å². The van der Waals surface area contributed by atoms with Gasteiger partial charge in [0.1, 0.15) is 17.8 Å². The van der Waals surface area contributed by atoms with E-state index in [0.717, 1.165) is 26.4 Å². The predicted octanol–water partition coefficient (Wildman–Crippen LogP) is 4.40. The Morgan fingerprint density at radius 2 is 1.43 bits per heavy atom. The summed E-state index contributed by atoms with van der Waals surface area (Å²) in [5.74, 6) is 1.08. The number of amides is 1. The highest BCUT2D eigenvalue weighted by atomic mass is 79.9. The number of carbonyl (C=O) groups is 2. The Kier molecular flexibility index (Phi) is 8.92. The minimum atomic E-state index is -1.29. The minimum absolute atomic E-state index is 0.0940. The quantitative estimate of drug-likeness (QED) is 0.344. The SMILES string of the molecule is COc1ccc(C2(C(=O)N3CCN(CC=O)CC3)NC(c3ccc(Br)cc3)C(c3ccc(Br)cc3)N2)c(OC)c1. The topological polar surface area (TPSA) is 83.1 Å². The van der Waals surface area contributed by atoms with Crippen LogP contribution in [0.25, 0.3) is 0 Å². The van der Waals surface area contributed by atoms with E-state index in [1.54, 1.807) is 20.3 Å². The first-order valence-corrected chi connectivity index (χ1v) is 14.7. The van der Waals surface area contributed by atoms with Gasteiger partial charge in [-0.2, -0.15) is 0 Å². The van der Waals surface area contributed by atoms with Crippen LogP contribution < -0.4 is 20.1 Å². The summed E-state index contributed by atoms with van der Waals surface area (Å²) < 4.78 is 13.3. The molecule has 3 aromatic carbocycles. The number of hydrogen-bond acceptors (Lipinski definition) is 7. The monoisotopic (exact) mass is 670 g/mol. The van der Waals surface area contributed by atoms with Crippen molar-refractivity contribution in [1.82, 2.24) is 20.4 Å². The van der Waals surface area contributed by atoms with Gasteiger partial charge in [0, 0.05) is 46.8 Å². The van der Waals surface area contributed by atoms with Gasteiger partial charge in [0.05, 0.1) is 32.8 Å². The Bertz CT molecular complexity index is 1290. The largest absolute Gasteiger partial charge is 0.497 e. The minimum Gasteiger partial charge on any atom is -0.497 e. The first-order valence-electron chi connectivity index (χ1n) is 13.1. The molecule has 0 bridgehead atoms. The molecule has 10 heteroatoms. The molecule has 2 saturated heterocycles. The Labute approximate surface area is 251 Å². The van der Waals surface area contributed by atoms with E-state index >= 15 is 0 Å². The number of hydrogen-bond donors (Lipinski definition) is 2. The Hall–Kier alpha value is -2.76.